The first kappa shape index (κ1) is 15.2. The molecule has 0 spiro atoms. The lowest BCUT2D eigenvalue weighted by Gasteiger charge is -2.14. The Morgan fingerprint density at radius 1 is 1.53 bits per heavy atom. The number of aliphatic carboxylic acids is 1. The Labute approximate surface area is 111 Å². The summed E-state index contributed by atoms with van der Waals surface area (Å²) < 4.78 is 5.11. The third-order valence-corrected chi connectivity index (χ3v) is 2.42. The van der Waals surface area contributed by atoms with Crippen molar-refractivity contribution in [2.75, 3.05) is 18.5 Å². The van der Waals surface area contributed by atoms with Gasteiger partial charge < -0.3 is 20.3 Å². The lowest BCUT2D eigenvalue weighted by molar-refractivity contribution is -0.138. The van der Waals surface area contributed by atoms with E-state index < -0.39 is 12.0 Å². The van der Waals surface area contributed by atoms with Gasteiger partial charge >= 0.3 is 5.97 Å². The van der Waals surface area contributed by atoms with Crippen LogP contribution in [0.2, 0.25) is 0 Å². The summed E-state index contributed by atoms with van der Waals surface area (Å²) in [6.07, 6.45) is 5.11. The highest BCUT2D eigenvalue weighted by Gasteiger charge is 2.17. The molecule has 7 nitrogen and oxygen atoms in total. The van der Waals surface area contributed by atoms with E-state index in [0.29, 0.717) is 12.2 Å². The number of hydrogen-bond acceptors (Lipinski definition) is 6. The van der Waals surface area contributed by atoms with Gasteiger partial charge in [-0.15, -0.1) is 0 Å². The molecule has 0 aromatic carbocycles. The molecule has 1 atom stereocenters. The van der Waals surface area contributed by atoms with Crippen molar-refractivity contribution in [3.8, 4) is 5.88 Å². The van der Waals surface area contributed by atoms with Gasteiger partial charge in [-0.05, 0) is 6.42 Å². The average molecular weight is 269 g/mol. The van der Waals surface area contributed by atoms with Crippen LogP contribution in [0.25, 0.3) is 0 Å². The van der Waals surface area contributed by atoms with Gasteiger partial charge in [0.05, 0.1) is 19.0 Å². The Balaban J connectivity index is 2.64. The summed E-state index contributed by atoms with van der Waals surface area (Å²) in [6, 6.07) is -0.692. The van der Waals surface area contributed by atoms with Gasteiger partial charge in [-0.2, -0.15) is 4.98 Å². The number of carboxylic acid groups (broad SMARTS) is 1. The van der Waals surface area contributed by atoms with E-state index in [1.54, 1.807) is 0 Å². The molecule has 0 amide bonds. The van der Waals surface area contributed by atoms with Gasteiger partial charge in [0, 0.05) is 0 Å². The number of nitrogens with zero attached hydrogens (tertiary/aromatic N) is 2. The van der Waals surface area contributed by atoms with E-state index in [4.69, 9.17) is 14.9 Å². The van der Waals surface area contributed by atoms with Crippen molar-refractivity contribution >= 4 is 11.8 Å². The molecule has 0 aliphatic heterocycles. The van der Waals surface area contributed by atoms with Crippen LogP contribution in [0, 0.1) is 0 Å². The second-order valence-corrected chi connectivity index (χ2v) is 3.99. The van der Waals surface area contributed by atoms with E-state index in [1.165, 1.54) is 12.4 Å². The number of ether oxygens (including phenoxy) is 1. The molecule has 3 N–H and O–H groups in total. The largest absolute Gasteiger partial charge is 0.480 e. The molecule has 1 aromatic rings. The minimum atomic E-state index is -0.920. The zero-order valence-electron chi connectivity index (χ0n) is 10.9. The number of carboxylic acids is 1. The summed E-state index contributed by atoms with van der Waals surface area (Å²) in [4.78, 5) is 19.1. The van der Waals surface area contributed by atoms with Gasteiger partial charge in [0.1, 0.15) is 18.5 Å². The standard InChI is InChI=1S/C12H19N3O4/c1-2-3-4-9(12(17)18)14-10-7-13-8-11(15-10)19-6-5-16/h7-9,16H,2-6H2,1H3,(H,14,15)(H,17,18)/t9-/m0/s1. The van der Waals surface area contributed by atoms with Crippen LogP contribution >= 0.6 is 0 Å². The predicted molar refractivity (Wildman–Crippen MR) is 69.2 cm³/mol. The van der Waals surface area contributed by atoms with Crippen LogP contribution in [0.15, 0.2) is 12.4 Å². The maximum atomic E-state index is 11.1. The second kappa shape index (κ2) is 8.25. The first-order valence-electron chi connectivity index (χ1n) is 6.22. The number of unbranched alkanes of at least 4 members (excludes halogenated alkanes) is 1. The molecule has 0 radical (unpaired) electrons. The molecule has 0 bridgehead atoms. The van der Waals surface area contributed by atoms with Crippen LogP contribution in [0.4, 0.5) is 5.82 Å². The Morgan fingerprint density at radius 2 is 2.32 bits per heavy atom. The highest BCUT2D eigenvalue weighted by Crippen LogP contribution is 2.12. The van der Waals surface area contributed by atoms with Gasteiger partial charge in [-0.3, -0.25) is 4.98 Å². The van der Waals surface area contributed by atoms with E-state index in [1.807, 2.05) is 6.92 Å². The van der Waals surface area contributed by atoms with Crippen LogP contribution in [0.5, 0.6) is 5.88 Å². The van der Waals surface area contributed by atoms with Gasteiger partial charge in [-0.1, -0.05) is 19.8 Å². The minimum Gasteiger partial charge on any atom is -0.480 e. The zero-order valence-corrected chi connectivity index (χ0v) is 10.9. The van der Waals surface area contributed by atoms with E-state index in [9.17, 15) is 4.79 Å². The number of aromatic nitrogens is 2. The van der Waals surface area contributed by atoms with E-state index in [0.717, 1.165) is 12.8 Å². The summed E-state index contributed by atoms with van der Waals surface area (Å²) in [5.74, 6) is -0.324. The number of aliphatic hydroxyl groups is 1. The molecule has 0 unspecified atom stereocenters. The molecule has 7 heteroatoms. The molecule has 1 rings (SSSR count). The molecule has 0 fully saturated rings. The van der Waals surface area contributed by atoms with Gasteiger partial charge in [0.2, 0.25) is 5.88 Å². The third kappa shape index (κ3) is 5.52. The fourth-order valence-corrected chi connectivity index (χ4v) is 1.48. The lowest BCUT2D eigenvalue weighted by Crippen LogP contribution is -2.29. The Hall–Kier alpha value is -1.89. The Kier molecular flexibility index (Phi) is 6.59. The lowest BCUT2D eigenvalue weighted by atomic mass is 10.1. The van der Waals surface area contributed by atoms with E-state index in [-0.39, 0.29) is 19.1 Å². The highest BCUT2D eigenvalue weighted by molar-refractivity contribution is 5.76. The maximum Gasteiger partial charge on any atom is 0.326 e. The van der Waals surface area contributed by atoms with Gasteiger partial charge in [0.15, 0.2) is 0 Å². The first-order valence-corrected chi connectivity index (χ1v) is 6.22. The van der Waals surface area contributed by atoms with Crippen molar-refractivity contribution in [3.05, 3.63) is 12.4 Å². The number of anilines is 1. The van der Waals surface area contributed by atoms with E-state index in [2.05, 4.69) is 15.3 Å². The fourth-order valence-electron chi connectivity index (χ4n) is 1.48. The van der Waals surface area contributed by atoms with Crippen LogP contribution in [0.1, 0.15) is 26.2 Å². The van der Waals surface area contributed by atoms with Crippen LogP contribution in [0.3, 0.4) is 0 Å². The molecule has 0 saturated heterocycles. The normalized spacial score (nSPS) is 11.9. The fraction of sp³-hybridized carbons (Fsp3) is 0.583. The summed E-state index contributed by atoms with van der Waals surface area (Å²) >= 11 is 0. The molecular weight excluding hydrogens is 250 g/mol. The molecule has 0 aliphatic carbocycles. The van der Waals surface area contributed by atoms with Crippen LogP contribution in [-0.2, 0) is 4.79 Å². The maximum absolute atomic E-state index is 11.1. The average Bonchev–Trinajstić information content (AvgIpc) is 2.41. The number of carbonyl (C=O) groups is 1. The minimum absolute atomic E-state index is 0.117. The topological polar surface area (TPSA) is 105 Å². The SMILES string of the molecule is CCCC[C@H](Nc1cncc(OCCO)n1)C(=O)O. The van der Waals surface area contributed by atoms with Crippen molar-refractivity contribution in [2.24, 2.45) is 0 Å². The second-order valence-electron chi connectivity index (χ2n) is 3.99. The smallest absolute Gasteiger partial charge is 0.326 e. The number of rotatable bonds is 9. The molecular formula is C12H19N3O4. The Morgan fingerprint density at radius 3 is 2.95 bits per heavy atom. The molecule has 106 valence electrons. The third-order valence-electron chi connectivity index (χ3n) is 2.42. The number of aliphatic hydroxyl groups excluding tert-OH is 1. The van der Waals surface area contributed by atoms with Gasteiger partial charge in [-0.25, -0.2) is 4.79 Å². The zero-order chi connectivity index (χ0) is 14.1. The van der Waals surface area contributed by atoms with Crippen molar-refractivity contribution < 1.29 is 19.7 Å². The summed E-state index contributed by atoms with van der Waals surface area (Å²) in [5.41, 5.74) is 0. The van der Waals surface area contributed by atoms with Crippen molar-refractivity contribution in [3.63, 3.8) is 0 Å². The highest BCUT2D eigenvalue weighted by atomic mass is 16.5. The molecule has 1 heterocycles. The monoisotopic (exact) mass is 269 g/mol. The molecule has 0 aliphatic rings. The first-order chi connectivity index (χ1) is 9.17. The Bertz CT molecular complexity index is 400. The molecule has 1 aromatic heterocycles. The van der Waals surface area contributed by atoms with Crippen molar-refractivity contribution in [1.29, 1.82) is 0 Å². The molecule has 0 saturated carbocycles. The quantitative estimate of drug-likeness (QED) is 0.611. The molecule has 19 heavy (non-hydrogen) atoms. The predicted octanol–water partition coefficient (Wildman–Crippen LogP) is 0.903. The van der Waals surface area contributed by atoms with Crippen LogP contribution < -0.4 is 10.1 Å². The summed E-state index contributed by atoms with van der Waals surface area (Å²) in [6.45, 7) is 2.01. The number of nitrogens with one attached hydrogen (secondary N) is 1. The van der Waals surface area contributed by atoms with Crippen molar-refractivity contribution in [1.82, 2.24) is 9.97 Å². The number of hydrogen-bond donors (Lipinski definition) is 3. The summed E-state index contributed by atoms with van der Waals surface area (Å²) in [5, 5.41) is 20.6. The van der Waals surface area contributed by atoms with Crippen molar-refractivity contribution in [2.45, 2.75) is 32.2 Å². The van der Waals surface area contributed by atoms with E-state index >= 15 is 0 Å². The summed E-state index contributed by atoms with van der Waals surface area (Å²) in [7, 11) is 0. The van der Waals surface area contributed by atoms with Gasteiger partial charge in [0.25, 0.3) is 0 Å². The van der Waals surface area contributed by atoms with Crippen LogP contribution in [-0.4, -0.2) is 45.4 Å².